The summed E-state index contributed by atoms with van der Waals surface area (Å²) < 4.78 is 0. The van der Waals surface area contributed by atoms with E-state index in [2.05, 4.69) is 43.1 Å². The van der Waals surface area contributed by atoms with Crippen molar-refractivity contribution in [1.82, 2.24) is 0 Å². The molecule has 46 valence electrons. The Morgan fingerprint density at radius 2 is 2.00 bits per heavy atom. The molecule has 0 heterocycles. The molecule has 0 rings (SSSR count). The van der Waals surface area contributed by atoms with Crippen molar-refractivity contribution in [2.45, 2.75) is 20.8 Å². The Labute approximate surface area is 55.8 Å². The Kier molecular flexibility index (Phi) is 2.88. The number of hydrogen-bond donors (Lipinski definition) is 0. The normalized spacial score (nSPS) is 10.4. The van der Waals surface area contributed by atoms with E-state index >= 15 is 0 Å². The van der Waals surface area contributed by atoms with E-state index in [0.29, 0.717) is 0 Å². The molecule has 0 atom stereocenters. The van der Waals surface area contributed by atoms with Crippen molar-refractivity contribution in [3.05, 3.63) is 0 Å². The van der Waals surface area contributed by atoms with E-state index < -0.39 is 0 Å². The van der Waals surface area contributed by atoms with E-state index in [0.717, 1.165) is 6.54 Å². The van der Waals surface area contributed by atoms with Crippen LogP contribution in [-0.2, 0) is 0 Å². The molecule has 1 nitrogen and oxygen atoms in total. The molecule has 0 aliphatic rings. The lowest BCUT2D eigenvalue weighted by atomic mass is 9.98. The summed E-state index contributed by atoms with van der Waals surface area (Å²) in [6.07, 6.45) is 0. The molecule has 0 bridgehead atoms. The first-order valence-corrected chi connectivity index (χ1v) is 3.01. The minimum atomic E-state index is 0.256. The lowest BCUT2D eigenvalue weighted by Crippen LogP contribution is -2.08. The van der Waals surface area contributed by atoms with Gasteiger partial charge in [0.05, 0.1) is 11.7 Å². The molecular formula is C6H11NS. The zero-order valence-electron chi connectivity index (χ0n) is 5.56. The van der Waals surface area contributed by atoms with Crippen LogP contribution in [-0.4, -0.2) is 11.7 Å². The first-order valence-electron chi connectivity index (χ1n) is 2.60. The number of hydrogen-bond acceptors (Lipinski definition) is 2. The highest BCUT2D eigenvalue weighted by Gasteiger charge is 2.06. The van der Waals surface area contributed by atoms with E-state index in [1.54, 1.807) is 0 Å². The van der Waals surface area contributed by atoms with Crippen LogP contribution in [0.3, 0.4) is 0 Å². The van der Waals surface area contributed by atoms with Crippen LogP contribution >= 0.6 is 12.2 Å². The maximum absolute atomic E-state index is 4.40. The minimum Gasteiger partial charge on any atom is -0.232 e. The molecule has 0 saturated heterocycles. The van der Waals surface area contributed by atoms with Crippen LogP contribution < -0.4 is 0 Å². The van der Waals surface area contributed by atoms with Crippen molar-refractivity contribution in [3.8, 4) is 0 Å². The molecule has 0 amide bonds. The topological polar surface area (TPSA) is 12.4 Å². The first-order chi connectivity index (χ1) is 3.56. The van der Waals surface area contributed by atoms with Gasteiger partial charge in [0.15, 0.2) is 0 Å². The second-order valence-electron chi connectivity index (χ2n) is 2.97. The third-order valence-electron chi connectivity index (χ3n) is 0.618. The summed E-state index contributed by atoms with van der Waals surface area (Å²) in [6.45, 7) is 7.12. The molecule has 0 aliphatic heterocycles. The average molecular weight is 129 g/mol. The summed E-state index contributed by atoms with van der Waals surface area (Å²) in [7, 11) is 0. The van der Waals surface area contributed by atoms with E-state index in [-0.39, 0.29) is 5.41 Å². The molecule has 0 aromatic heterocycles. The molecule has 0 fully saturated rings. The Morgan fingerprint density at radius 3 is 2.12 bits per heavy atom. The van der Waals surface area contributed by atoms with Crippen molar-refractivity contribution in [2.75, 3.05) is 6.54 Å². The summed E-state index contributed by atoms with van der Waals surface area (Å²) in [5.41, 5.74) is 0.256. The van der Waals surface area contributed by atoms with Gasteiger partial charge in [-0.1, -0.05) is 20.8 Å². The molecule has 0 saturated carbocycles. The van der Waals surface area contributed by atoms with Crippen LogP contribution in [0.4, 0.5) is 0 Å². The van der Waals surface area contributed by atoms with Crippen molar-refractivity contribution in [3.63, 3.8) is 0 Å². The zero-order chi connectivity index (χ0) is 6.62. The predicted molar refractivity (Wildman–Crippen MR) is 39.3 cm³/mol. The van der Waals surface area contributed by atoms with Gasteiger partial charge in [-0.05, 0) is 17.6 Å². The molecule has 0 aromatic rings. The highest BCUT2D eigenvalue weighted by Crippen LogP contribution is 2.11. The molecule has 0 spiro atoms. The minimum absolute atomic E-state index is 0.256. The summed E-state index contributed by atoms with van der Waals surface area (Å²) in [4.78, 5) is 3.81. The fourth-order valence-corrected chi connectivity index (χ4v) is 0.334. The third-order valence-corrected chi connectivity index (χ3v) is 0.747. The largest absolute Gasteiger partial charge is 0.232 e. The summed E-state index contributed by atoms with van der Waals surface area (Å²) >= 11 is 4.40. The van der Waals surface area contributed by atoms with Gasteiger partial charge in [-0.25, -0.2) is 4.99 Å². The quantitative estimate of drug-likeness (QED) is 0.390. The molecule has 0 radical (unpaired) electrons. The molecule has 0 N–H and O–H groups in total. The van der Waals surface area contributed by atoms with Crippen molar-refractivity contribution >= 4 is 17.4 Å². The Bertz CT molecular complexity index is 106. The summed E-state index contributed by atoms with van der Waals surface area (Å²) in [5, 5.41) is 2.33. The summed E-state index contributed by atoms with van der Waals surface area (Å²) in [5.74, 6) is 0. The van der Waals surface area contributed by atoms with E-state index in [1.165, 1.54) is 0 Å². The Hall–Kier alpha value is -0.200. The Balaban J connectivity index is 3.55. The van der Waals surface area contributed by atoms with Crippen molar-refractivity contribution in [1.29, 1.82) is 0 Å². The van der Waals surface area contributed by atoms with Gasteiger partial charge in [0.25, 0.3) is 0 Å². The van der Waals surface area contributed by atoms with Gasteiger partial charge < -0.3 is 0 Å². The van der Waals surface area contributed by atoms with Crippen LogP contribution in [0.25, 0.3) is 0 Å². The van der Waals surface area contributed by atoms with Gasteiger partial charge in [-0.2, -0.15) is 0 Å². The van der Waals surface area contributed by atoms with Crippen LogP contribution in [0.1, 0.15) is 20.8 Å². The van der Waals surface area contributed by atoms with E-state index in [9.17, 15) is 0 Å². The van der Waals surface area contributed by atoms with Gasteiger partial charge in [0.2, 0.25) is 0 Å². The molecular weight excluding hydrogens is 118 g/mol. The molecule has 2 heteroatoms. The van der Waals surface area contributed by atoms with Gasteiger partial charge in [0.1, 0.15) is 0 Å². The number of nitrogens with zero attached hydrogens (tertiary/aromatic N) is 1. The zero-order valence-corrected chi connectivity index (χ0v) is 6.38. The highest BCUT2D eigenvalue weighted by molar-refractivity contribution is 7.78. The molecule has 0 aromatic carbocycles. The number of rotatable bonds is 1. The predicted octanol–water partition coefficient (Wildman–Crippen LogP) is 2.14. The number of thiocarbonyl (C=S) groups is 1. The Morgan fingerprint density at radius 1 is 1.50 bits per heavy atom. The van der Waals surface area contributed by atoms with Crippen LogP contribution in [0, 0.1) is 5.41 Å². The fourth-order valence-electron chi connectivity index (χ4n) is 0.269. The van der Waals surface area contributed by atoms with Crippen molar-refractivity contribution < 1.29 is 0 Å². The lowest BCUT2D eigenvalue weighted by Gasteiger charge is -2.12. The van der Waals surface area contributed by atoms with E-state index in [1.807, 2.05) is 0 Å². The molecule has 0 unspecified atom stereocenters. The van der Waals surface area contributed by atoms with Crippen LogP contribution in [0.5, 0.6) is 0 Å². The number of isothiocyanates is 1. The number of aliphatic imine (C=N–C) groups is 1. The average Bonchev–Trinajstić information content (AvgIpc) is 1.59. The third kappa shape index (κ3) is 5.80. The first kappa shape index (κ1) is 7.80. The highest BCUT2D eigenvalue weighted by atomic mass is 32.1. The van der Waals surface area contributed by atoms with Gasteiger partial charge in [-0.15, -0.1) is 0 Å². The van der Waals surface area contributed by atoms with Gasteiger partial charge >= 0.3 is 0 Å². The van der Waals surface area contributed by atoms with Crippen LogP contribution in [0.15, 0.2) is 4.99 Å². The second-order valence-corrected chi connectivity index (χ2v) is 3.15. The smallest absolute Gasteiger partial charge is 0.0585 e. The molecule has 8 heavy (non-hydrogen) atoms. The SMILES string of the molecule is CC(C)(C)CN=C=S. The second kappa shape index (κ2) is 2.95. The maximum Gasteiger partial charge on any atom is 0.0585 e. The van der Waals surface area contributed by atoms with Crippen LogP contribution in [0.2, 0.25) is 0 Å². The maximum atomic E-state index is 4.40. The monoisotopic (exact) mass is 129 g/mol. The standard InChI is InChI=1S/C6H11NS/c1-6(2,3)4-7-5-8/h4H2,1-3H3. The lowest BCUT2D eigenvalue weighted by molar-refractivity contribution is 0.430. The van der Waals surface area contributed by atoms with Crippen molar-refractivity contribution in [2.24, 2.45) is 10.4 Å². The fraction of sp³-hybridized carbons (Fsp3) is 0.833. The van der Waals surface area contributed by atoms with E-state index in [4.69, 9.17) is 0 Å². The summed E-state index contributed by atoms with van der Waals surface area (Å²) in [6, 6.07) is 0. The van der Waals surface area contributed by atoms with Gasteiger partial charge in [-0.3, -0.25) is 0 Å². The van der Waals surface area contributed by atoms with Gasteiger partial charge in [0, 0.05) is 0 Å². The molecule has 0 aliphatic carbocycles.